The maximum atomic E-state index is 5.74. The van der Waals surface area contributed by atoms with Crippen molar-refractivity contribution in [3.8, 4) is 23.0 Å². The minimum absolute atomic E-state index is 0.291. The summed E-state index contributed by atoms with van der Waals surface area (Å²) in [6.45, 7) is 1.62. The standard InChI is InChI=1S/C18H17N3O3/c1-21(10-13-7-8-15-16(9-13)23-12-22-15)11-17-19-20-18(24-17)14-5-3-2-4-6-14/h2-9H,10-12H2,1H3. The summed E-state index contributed by atoms with van der Waals surface area (Å²) in [5.41, 5.74) is 2.07. The zero-order chi connectivity index (χ0) is 16.4. The molecule has 2 aromatic carbocycles. The first-order chi connectivity index (χ1) is 11.8. The summed E-state index contributed by atoms with van der Waals surface area (Å²) in [5.74, 6) is 2.73. The maximum absolute atomic E-state index is 5.74. The second kappa shape index (κ2) is 6.33. The predicted octanol–water partition coefficient (Wildman–Crippen LogP) is 3.10. The number of nitrogens with zero attached hydrogens (tertiary/aromatic N) is 3. The Morgan fingerprint density at radius 1 is 0.958 bits per heavy atom. The Labute approximate surface area is 139 Å². The average Bonchev–Trinajstić information content (AvgIpc) is 3.24. The molecule has 6 nitrogen and oxygen atoms in total. The zero-order valence-corrected chi connectivity index (χ0v) is 13.3. The molecule has 0 radical (unpaired) electrons. The van der Waals surface area contributed by atoms with Crippen LogP contribution < -0.4 is 9.47 Å². The lowest BCUT2D eigenvalue weighted by Gasteiger charge is -2.14. The first-order valence-corrected chi connectivity index (χ1v) is 7.73. The second-order valence-electron chi connectivity index (χ2n) is 5.73. The lowest BCUT2D eigenvalue weighted by Crippen LogP contribution is -2.17. The molecule has 0 aliphatic carbocycles. The van der Waals surface area contributed by atoms with Gasteiger partial charge in [0.15, 0.2) is 11.5 Å². The van der Waals surface area contributed by atoms with E-state index in [1.165, 1.54) is 0 Å². The van der Waals surface area contributed by atoms with Crippen LogP contribution in [0.4, 0.5) is 0 Å². The lowest BCUT2D eigenvalue weighted by atomic mass is 10.2. The maximum Gasteiger partial charge on any atom is 0.247 e. The zero-order valence-electron chi connectivity index (χ0n) is 13.3. The van der Waals surface area contributed by atoms with E-state index in [0.29, 0.717) is 25.1 Å². The van der Waals surface area contributed by atoms with Gasteiger partial charge in [0, 0.05) is 12.1 Å². The van der Waals surface area contributed by atoms with Gasteiger partial charge in [0.1, 0.15) is 0 Å². The Kier molecular flexibility index (Phi) is 3.88. The number of fused-ring (bicyclic) bond motifs is 1. The number of ether oxygens (including phenoxy) is 2. The molecule has 0 saturated heterocycles. The average molecular weight is 323 g/mol. The molecule has 6 heteroatoms. The smallest absolute Gasteiger partial charge is 0.247 e. The highest BCUT2D eigenvalue weighted by Gasteiger charge is 2.15. The van der Waals surface area contributed by atoms with E-state index in [0.717, 1.165) is 29.2 Å². The molecule has 4 rings (SSSR count). The summed E-state index contributed by atoms with van der Waals surface area (Å²) in [7, 11) is 2.01. The van der Waals surface area contributed by atoms with Gasteiger partial charge >= 0.3 is 0 Å². The third-order valence-electron chi connectivity index (χ3n) is 3.78. The van der Waals surface area contributed by atoms with Crippen LogP contribution in [0.5, 0.6) is 11.5 Å². The Hall–Kier alpha value is -2.86. The number of hydrogen-bond acceptors (Lipinski definition) is 6. The summed E-state index contributed by atoms with van der Waals surface area (Å²) >= 11 is 0. The van der Waals surface area contributed by atoms with Crippen LogP contribution in [0.25, 0.3) is 11.5 Å². The van der Waals surface area contributed by atoms with Gasteiger partial charge in [0.2, 0.25) is 18.6 Å². The molecular formula is C18H17N3O3. The van der Waals surface area contributed by atoms with Gasteiger partial charge in [0.05, 0.1) is 6.54 Å². The second-order valence-corrected chi connectivity index (χ2v) is 5.73. The van der Waals surface area contributed by atoms with Crippen LogP contribution in [-0.4, -0.2) is 28.9 Å². The molecule has 1 aromatic heterocycles. The molecular weight excluding hydrogens is 306 g/mol. The largest absolute Gasteiger partial charge is 0.454 e. The number of hydrogen-bond donors (Lipinski definition) is 0. The van der Waals surface area contributed by atoms with Crippen molar-refractivity contribution in [1.82, 2.24) is 15.1 Å². The number of benzene rings is 2. The SMILES string of the molecule is CN(Cc1ccc2c(c1)OCO2)Cc1nnc(-c2ccccc2)o1. The highest BCUT2D eigenvalue weighted by atomic mass is 16.7. The molecule has 0 atom stereocenters. The van der Waals surface area contributed by atoms with Crippen LogP contribution in [0.3, 0.4) is 0 Å². The molecule has 24 heavy (non-hydrogen) atoms. The highest BCUT2D eigenvalue weighted by molar-refractivity contribution is 5.51. The Bertz CT molecular complexity index is 833. The Morgan fingerprint density at radius 2 is 1.79 bits per heavy atom. The summed E-state index contributed by atoms with van der Waals surface area (Å²) in [5, 5.41) is 8.24. The van der Waals surface area contributed by atoms with Crippen LogP contribution in [0.2, 0.25) is 0 Å². The fourth-order valence-electron chi connectivity index (χ4n) is 2.65. The number of aromatic nitrogens is 2. The molecule has 0 N–H and O–H groups in total. The first-order valence-electron chi connectivity index (χ1n) is 7.73. The fraction of sp³-hybridized carbons (Fsp3) is 0.222. The van der Waals surface area contributed by atoms with Crippen molar-refractivity contribution in [2.24, 2.45) is 0 Å². The quantitative estimate of drug-likeness (QED) is 0.719. The van der Waals surface area contributed by atoms with Gasteiger partial charge in [-0.1, -0.05) is 24.3 Å². The van der Waals surface area contributed by atoms with Gasteiger partial charge in [-0.25, -0.2) is 0 Å². The third kappa shape index (κ3) is 3.09. The molecule has 0 unspecified atom stereocenters. The van der Waals surface area contributed by atoms with Gasteiger partial charge in [-0.05, 0) is 36.9 Å². The van der Waals surface area contributed by atoms with E-state index in [2.05, 4.69) is 15.1 Å². The van der Waals surface area contributed by atoms with E-state index in [4.69, 9.17) is 13.9 Å². The minimum Gasteiger partial charge on any atom is -0.454 e. The minimum atomic E-state index is 0.291. The highest BCUT2D eigenvalue weighted by Crippen LogP contribution is 2.32. The van der Waals surface area contributed by atoms with E-state index in [1.807, 2.05) is 55.6 Å². The van der Waals surface area contributed by atoms with Crippen molar-refractivity contribution >= 4 is 0 Å². The Morgan fingerprint density at radius 3 is 2.67 bits per heavy atom. The molecule has 3 aromatic rings. The molecule has 2 heterocycles. The molecule has 0 fully saturated rings. The van der Waals surface area contributed by atoms with Crippen molar-refractivity contribution in [1.29, 1.82) is 0 Å². The van der Waals surface area contributed by atoms with Crippen molar-refractivity contribution in [2.45, 2.75) is 13.1 Å². The van der Waals surface area contributed by atoms with Crippen LogP contribution in [0, 0.1) is 0 Å². The van der Waals surface area contributed by atoms with Crippen LogP contribution in [0.15, 0.2) is 52.9 Å². The predicted molar refractivity (Wildman–Crippen MR) is 87.5 cm³/mol. The topological polar surface area (TPSA) is 60.6 Å². The molecule has 0 bridgehead atoms. The molecule has 1 aliphatic rings. The molecule has 0 saturated carbocycles. The van der Waals surface area contributed by atoms with E-state index >= 15 is 0 Å². The molecule has 0 spiro atoms. The van der Waals surface area contributed by atoms with Gasteiger partial charge in [-0.2, -0.15) is 0 Å². The number of rotatable bonds is 5. The molecule has 122 valence electrons. The normalized spacial score (nSPS) is 12.8. The Balaban J connectivity index is 1.41. The van der Waals surface area contributed by atoms with E-state index in [1.54, 1.807) is 0 Å². The van der Waals surface area contributed by atoms with E-state index in [9.17, 15) is 0 Å². The van der Waals surface area contributed by atoms with Crippen LogP contribution in [-0.2, 0) is 13.1 Å². The lowest BCUT2D eigenvalue weighted by molar-refractivity contribution is 0.174. The van der Waals surface area contributed by atoms with Gasteiger partial charge in [-0.3, -0.25) is 4.90 Å². The van der Waals surface area contributed by atoms with Crippen molar-refractivity contribution in [2.75, 3.05) is 13.8 Å². The van der Waals surface area contributed by atoms with Gasteiger partial charge < -0.3 is 13.9 Å². The summed E-state index contributed by atoms with van der Waals surface area (Å²) < 4.78 is 16.5. The van der Waals surface area contributed by atoms with Crippen molar-refractivity contribution < 1.29 is 13.9 Å². The van der Waals surface area contributed by atoms with E-state index in [-0.39, 0.29) is 0 Å². The first kappa shape index (κ1) is 14.7. The molecule has 0 amide bonds. The van der Waals surface area contributed by atoms with Gasteiger partial charge in [-0.15, -0.1) is 10.2 Å². The van der Waals surface area contributed by atoms with Crippen molar-refractivity contribution in [3.63, 3.8) is 0 Å². The van der Waals surface area contributed by atoms with Crippen LogP contribution >= 0.6 is 0 Å². The fourth-order valence-corrected chi connectivity index (χ4v) is 2.65. The van der Waals surface area contributed by atoms with Crippen LogP contribution in [0.1, 0.15) is 11.5 Å². The van der Waals surface area contributed by atoms with Crippen molar-refractivity contribution in [3.05, 3.63) is 60.0 Å². The third-order valence-corrected chi connectivity index (χ3v) is 3.78. The van der Waals surface area contributed by atoms with E-state index < -0.39 is 0 Å². The summed E-state index contributed by atoms with van der Waals surface area (Å²) in [6, 6.07) is 15.7. The monoisotopic (exact) mass is 323 g/mol. The molecule has 1 aliphatic heterocycles. The summed E-state index contributed by atoms with van der Waals surface area (Å²) in [6.07, 6.45) is 0. The van der Waals surface area contributed by atoms with Gasteiger partial charge in [0.25, 0.3) is 0 Å². The summed E-state index contributed by atoms with van der Waals surface area (Å²) in [4.78, 5) is 2.11.